The third kappa shape index (κ3) is 1.04. The Labute approximate surface area is 55.7 Å². The zero-order valence-corrected chi connectivity index (χ0v) is 5.80. The second-order valence-corrected chi connectivity index (χ2v) is 1.84. The molecule has 0 bridgehead atoms. The van der Waals surface area contributed by atoms with Crippen molar-refractivity contribution in [3.63, 3.8) is 0 Å². The van der Waals surface area contributed by atoms with Crippen LogP contribution in [0.1, 0.15) is 7.06 Å². The first-order valence-corrected chi connectivity index (χ1v) is 2.71. The average molecular weight is 127 g/mol. The Morgan fingerprint density at radius 2 is 2.56 bits per heavy atom. The van der Waals surface area contributed by atoms with Crippen LogP contribution in [0.4, 0.5) is 0 Å². The van der Waals surface area contributed by atoms with Gasteiger partial charge in [0.15, 0.2) is 0 Å². The zero-order valence-electron chi connectivity index (χ0n) is 6.80. The molecule has 3 nitrogen and oxygen atoms in total. The molecule has 0 aliphatic carbocycles. The number of aromatic nitrogens is 2. The van der Waals surface area contributed by atoms with Crippen LogP contribution in [0.15, 0.2) is 6.04 Å². The standard InChI is InChI=1S/C6H10N2O/c1-5-4-6(9-3)8(2)7-5/h4H,1-3H3/i4D. The van der Waals surface area contributed by atoms with Crippen molar-refractivity contribution in [3.05, 3.63) is 11.7 Å². The number of nitrogens with zero attached hydrogens (tertiary/aromatic N) is 2. The van der Waals surface area contributed by atoms with Gasteiger partial charge in [-0.3, -0.25) is 0 Å². The van der Waals surface area contributed by atoms with E-state index in [1.165, 1.54) is 7.11 Å². The number of hydrogen-bond donors (Lipinski definition) is 0. The van der Waals surface area contributed by atoms with Gasteiger partial charge in [-0.25, -0.2) is 4.68 Å². The lowest BCUT2D eigenvalue weighted by atomic mass is 10.5. The van der Waals surface area contributed by atoms with Crippen molar-refractivity contribution in [2.75, 3.05) is 7.11 Å². The molecule has 0 spiro atoms. The number of hydrogen-bond acceptors (Lipinski definition) is 2. The maximum absolute atomic E-state index is 7.41. The highest BCUT2D eigenvalue weighted by Crippen LogP contribution is 2.08. The molecule has 0 radical (unpaired) electrons. The van der Waals surface area contributed by atoms with E-state index in [1.54, 1.807) is 18.7 Å². The van der Waals surface area contributed by atoms with Crippen LogP contribution >= 0.6 is 0 Å². The molecule has 0 aliphatic rings. The maximum Gasteiger partial charge on any atom is 0.211 e. The summed E-state index contributed by atoms with van der Waals surface area (Å²) in [6.45, 7) is 1.78. The molecular weight excluding hydrogens is 116 g/mol. The Kier molecular flexibility index (Phi) is 1.13. The molecule has 0 aliphatic heterocycles. The maximum atomic E-state index is 7.41. The van der Waals surface area contributed by atoms with Crippen molar-refractivity contribution >= 4 is 0 Å². The summed E-state index contributed by atoms with van der Waals surface area (Å²) in [5.74, 6) is 0.512. The quantitative estimate of drug-likeness (QED) is 0.556. The van der Waals surface area contributed by atoms with Gasteiger partial charge >= 0.3 is 0 Å². The van der Waals surface area contributed by atoms with E-state index in [2.05, 4.69) is 5.10 Å². The Bertz CT molecular complexity index is 244. The Hall–Kier alpha value is -0.990. The van der Waals surface area contributed by atoms with Crippen molar-refractivity contribution in [1.82, 2.24) is 9.78 Å². The van der Waals surface area contributed by atoms with Crippen LogP contribution in [0.2, 0.25) is 0 Å². The smallest absolute Gasteiger partial charge is 0.211 e. The third-order valence-electron chi connectivity index (χ3n) is 1.08. The van der Waals surface area contributed by atoms with Crippen LogP contribution < -0.4 is 4.74 Å². The molecule has 0 fully saturated rings. The molecule has 1 aromatic rings. The third-order valence-corrected chi connectivity index (χ3v) is 1.08. The first-order valence-electron chi connectivity index (χ1n) is 3.21. The van der Waals surface area contributed by atoms with Crippen LogP contribution in [0.3, 0.4) is 0 Å². The van der Waals surface area contributed by atoms with Crippen molar-refractivity contribution in [2.45, 2.75) is 6.92 Å². The van der Waals surface area contributed by atoms with E-state index in [0.717, 1.165) is 0 Å². The molecule has 0 unspecified atom stereocenters. The Balaban J connectivity index is 3.20. The first kappa shape index (κ1) is 4.85. The summed E-state index contributed by atoms with van der Waals surface area (Å²) in [5, 5.41) is 3.99. The Morgan fingerprint density at radius 1 is 1.89 bits per heavy atom. The van der Waals surface area contributed by atoms with Gasteiger partial charge in [0.05, 0.1) is 14.2 Å². The summed E-state index contributed by atoms with van der Waals surface area (Å²) in [7, 11) is 3.29. The van der Waals surface area contributed by atoms with Gasteiger partial charge in [0.25, 0.3) is 0 Å². The topological polar surface area (TPSA) is 27.1 Å². The molecule has 50 valence electrons. The summed E-state index contributed by atoms with van der Waals surface area (Å²) in [4.78, 5) is 0. The molecule has 0 N–H and O–H groups in total. The number of aryl methyl sites for hydroxylation is 2. The summed E-state index contributed by atoms with van der Waals surface area (Å²) in [6.07, 6.45) is 0. The summed E-state index contributed by atoms with van der Waals surface area (Å²) < 4.78 is 13.9. The molecule has 0 amide bonds. The van der Waals surface area contributed by atoms with E-state index < -0.39 is 0 Å². The molecule has 0 saturated heterocycles. The fraction of sp³-hybridized carbons (Fsp3) is 0.500. The average Bonchev–Trinajstić information content (AvgIpc) is 2.09. The monoisotopic (exact) mass is 127 g/mol. The fourth-order valence-corrected chi connectivity index (χ4v) is 0.714. The van der Waals surface area contributed by atoms with E-state index in [0.29, 0.717) is 17.6 Å². The van der Waals surface area contributed by atoms with Crippen LogP contribution in [0.5, 0.6) is 5.88 Å². The molecule has 9 heavy (non-hydrogen) atoms. The van der Waals surface area contributed by atoms with E-state index in [9.17, 15) is 0 Å². The minimum atomic E-state index is 0.366. The molecule has 0 aromatic carbocycles. The largest absolute Gasteiger partial charge is 0.481 e. The normalized spacial score (nSPS) is 11.2. The minimum absolute atomic E-state index is 0.366. The van der Waals surface area contributed by atoms with E-state index in [4.69, 9.17) is 6.11 Å². The van der Waals surface area contributed by atoms with Crippen LogP contribution in [0.25, 0.3) is 0 Å². The van der Waals surface area contributed by atoms with Crippen molar-refractivity contribution in [3.8, 4) is 5.88 Å². The van der Waals surface area contributed by atoms with Gasteiger partial charge in [-0.1, -0.05) is 0 Å². The number of ether oxygens (including phenoxy) is 1. The molecule has 1 heterocycles. The molecule has 0 atom stereocenters. The highest BCUT2D eigenvalue weighted by atomic mass is 16.5. The second-order valence-electron chi connectivity index (χ2n) is 1.84. The van der Waals surface area contributed by atoms with E-state index >= 15 is 0 Å². The summed E-state index contributed by atoms with van der Waals surface area (Å²) >= 11 is 0. The van der Waals surface area contributed by atoms with Crippen LogP contribution in [0, 0.1) is 6.92 Å². The second kappa shape index (κ2) is 2.09. The number of methoxy groups -OCH3 is 1. The van der Waals surface area contributed by atoms with Crippen molar-refractivity contribution < 1.29 is 6.11 Å². The molecule has 1 aromatic heterocycles. The lowest BCUT2D eigenvalue weighted by Crippen LogP contribution is -1.94. The summed E-state index contributed by atoms with van der Waals surface area (Å²) in [5.41, 5.74) is 0.694. The van der Waals surface area contributed by atoms with Gasteiger partial charge in [0.2, 0.25) is 5.88 Å². The lowest BCUT2D eigenvalue weighted by molar-refractivity contribution is 0.373. The highest BCUT2D eigenvalue weighted by Gasteiger charge is 1.97. The van der Waals surface area contributed by atoms with Crippen LogP contribution in [-0.2, 0) is 7.05 Å². The van der Waals surface area contributed by atoms with Crippen molar-refractivity contribution in [1.29, 1.82) is 0 Å². The van der Waals surface area contributed by atoms with Gasteiger partial charge in [-0.05, 0) is 6.92 Å². The zero-order chi connectivity index (χ0) is 7.72. The SMILES string of the molecule is [2H]c1c(C)nn(C)c1OC. The number of rotatable bonds is 1. The van der Waals surface area contributed by atoms with Gasteiger partial charge in [-0.15, -0.1) is 0 Å². The molecule has 0 saturated carbocycles. The van der Waals surface area contributed by atoms with Crippen molar-refractivity contribution in [2.24, 2.45) is 7.05 Å². The lowest BCUT2D eigenvalue weighted by Gasteiger charge is -1.95. The van der Waals surface area contributed by atoms with E-state index in [-0.39, 0.29) is 0 Å². The highest BCUT2D eigenvalue weighted by molar-refractivity contribution is 5.13. The van der Waals surface area contributed by atoms with E-state index in [1.807, 2.05) is 0 Å². The first-order chi connectivity index (χ1) is 4.66. The molecule has 3 heteroatoms. The van der Waals surface area contributed by atoms with Gasteiger partial charge in [0, 0.05) is 13.1 Å². The van der Waals surface area contributed by atoms with Gasteiger partial charge < -0.3 is 4.74 Å². The van der Waals surface area contributed by atoms with Crippen LogP contribution in [-0.4, -0.2) is 16.9 Å². The minimum Gasteiger partial charge on any atom is -0.481 e. The predicted molar refractivity (Wildman–Crippen MR) is 34.5 cm³/mol. The van der Waals surface area contributed by atoms with Gasteiger partial charge in [0.1, 0.15) is 0 Å². The molecule has 1 rings (SSSR count). The Morgan fingerprint density at radius 3 is 2.78 bits per heavy atom. The van der Waals surface area contributed by atoms with Gasteiger partial charge in [-0.2, -0.15) is 5.10 Å². The summed E-state index contributed by atoms with van der Waals surface area (Å²) in [6, 6.07) is 0.366. The predicted octanol–water partition coefficient (Wildman–Crippen LogP) is 0.737. The molecular formula is C6H10N2O. The fourth-order valence-electron chi connectivity index (χ4n) is 0.714.